The van der Waals surface area contributed by atoms with Crippen LogP contribution in [0.1, 0.15) is 35.9 Å². The average molecular weight is 329 g/mol. The van der Waals surface area contributed by atoms with Gasteiger partial charge in [0.25, 0.3) is 11.8 Å². The van der Waals surface area contributed by atoms with Crippen molar-refractivity contribution in [3.63, 3.8) is 0 Å². The lowest BCUT2D eigenvalue weighted by atomic mass is 10.1. The van der Waals surface area contributed by atoms with E-state index < -0.39 is 12.3 Å². The number of alkyl halides is 2. The van der Waals surface area contributed by atoms with Crippen LogP contribution in [0.4, 0.5) is 14.7 Å². The van der Waals surface area contributed by atoms with Gasteiger partial charge in [-0.25, -0.2) is 9.97 Å². The Morgan fingerprint density at radius 3 is 2.67 bits per heavy atom. The first-order chi connectivity index (χ1) is 11.7. The minimum absolute atomic E-state index is 0.0249. The number of hydrogen-bond acceptors (Lipinski definition) is 6. The van der Waals surface area contributed by atoms with Crippen LogP contribution in [0, 0.1) is 0 Å². The fourth-order valence-electron chi connectivity index (χ4n) is 2.82. The summed E-state index contributed by atoms with van der Waals surface area (Å²) in [4.78, 5) is 8.42. The van der Waals surface area contributed by atoms with Gasteiger partial charge in [-0.3, -0.25) is 0 Å². The summed E-state index contributed by atoms with van der Waals surface area (Å²) in [7, 11) is 0. The van der Waals surface area contributed by atoms with Gasteiger partial charge in [-0.2, -0.15) is 8.78 Å². The number of benzene rings is 1. The molecule has 1 atom stereocenters. The van der Waals surface area contributed by atoms with Crippen LogP contribution in [0.2, 0.25) is 0 Å². The van der Waals surface area contributed by atoms with Crippen LogP contribution in [-0.4, -0.2) is 20.2 Å². The molecule has 0 saturated carbocycles. The highest BCUT2D eigenvalue weighted by Crippen LogP contribution is 2.33. The molecule has 0 saturated heterocycles. The van der Waals surface area contributed by atoms with Crippen molar-refractivity contribution < 1.29 is 13.2 Å². The lowest BCUT2D eigenvalue weighted by molar-refractivity contribution is 0.116. The van der Waals surface area contributed by atoms with Crippen LogP contribution in [-0.2, 0) is 6.42 Å². The fourth-order valence-corrected chi connectivity index (χ4v) is 2.82. The van der Waals surface area contributed by atoms with E-state index >= 15 is 0 Å². The Labute approximate surface area is 136 Å². The van der Waals surface area contributed by atoms with E-state index in [1.807, 2.05) is 12.1 Å². The van der Waals surface area contributed by atoms with E-state index in [1.165, 1.54) is 23.5 Å². The van der Waals surface area contributed by atoms with Gasteiger partial charge in [0.05, 0.1) is 11.6 Å². The third-order valence-electron chi connectivity index (χ3n) is 3.96. The maximum atomic E-state index is 12.5. The summed E-state index contributed by atoms with van der Waals surface area (Å²) in [6.07, 6.45) is 2.14. The summed E-state index contributed by atoms with van der Waals surface area (Å²) in [6.45, 7) is 0. The summed E-state index contributed by atoms with van der Waals surface area (Å²) in [5.74, 6) is -0.271. The molecule has 0 radical (unpaired) electrons. The number of anilines is 1. The molecule has 2 heterocycles. The standard InChI is InChI=1S/C16H13F2N5O/c17-13(18)15-23-22-14(24-15)10-7-19-16(20-8-10)21-12-6-5-9-3-1-2-4-11(9)12/h1-4,7-8,12-13H,5-6H2,(H,19,20,21). The Kier molecular flexibility index (Phi) is 3.64. The molecule has 4 rings (SSSR count). The number of nitrogens with one attached hydrogen (secondary N) is 1. The van der Waals surface area contributed by atoms with Gasteiger partial charge in [-0.15, -0.1) is 10.2 Å². The predicted octanol–water partition coefficient (Wildman–Crippen LogP) is 3.56. The first kappa shape index (κ1) is 14.7. The zero-order valence-corrected chi connectivity index (χ0v) is 12.5. The summed E-state index contributed by atoms with van der Waals surface area (Å²) < 4.78 is 29.8. The molecule has 122 valence electrons. The van der Waals surface area contributed by atoms with Gasteiger partial charge >= 0.3 is 6.43 Å². The highest BCUT2D eigenvalue weighted by molar-refractivity contribution is 5.51. The highest BCUT2D eigenvalue weighted by atomic mass is 19.3. The predicted molar refractivity (Wildman–Crippen MR) is 81.4 cm³/mol. The van der Waals surface area contributed by atoms with E-state index in [0.717, 1.165) is 12.8 Å². The van der Waals surface area contributed by atoms with E-state index in [4.69, 9.17) is 4.42 Å². The van der Waals surface area contributed by atoms with Crippen molar-refractivity contribution in [2.24, 2.45) is 0 Å². The molecule has 0 bridgehead atoms. The van der Waals surface area contributed by atoms with E-state index in [2.05, 4.69) is 37.6 Å². The average Bonchev–Trinajstić information content (AvgIpc) is 3.24. The number of nitrogens with zero attached hydrogens (tertiary/aromatic N) is 4. The van der Waals surface area contributed by atoms with Crippen LogP contribution in [0.3, 0.4) is 0 Å². The Morgan fingerprint density at radius 2 is 1.92 bits per heavy atom. The van der Waals surface area contributed by atoms with Crippen molar-refractivity contribution in [1.29, 1.82) is 0 Å². The van der Waals surface area contributed by atoms with Crippen molar-refractivity contribution >= 4 is 5.95 Å². The smallest absolute Gasteiger partial charge is 0.314 e. The van der Waals surface area contributed by atoms with Gasteiger partial charge < -0.3 is 9.73 Å². The van der Waals surface area contributed by atoms with Gasteiger partial charge in [0.15, 0.2) is 0 Å². The first-order valence-electron chi connectivity index (χ1n) is 7.49. The molecule has 1 aliphatic carbocycles. The summed E-state index contributed by atoms with van der Waals surface area (Å²) in [6, 6.07) is 8.43. The van der Waals surface area contributed by atoms with Crippen molar-refractivity contribution in [3.05, 3.63) is 53.7 Å². The molecule has 0 amide bonds. The first-order valence-corrected chi connectivity index (χ1v) is 7.49. The lowest BCUT2D eigenvalue weighted by Crippen LogP contribution is -2.09. The molecule has 6 nitrogen and oxygen atoms in total. The van der Waals surface area contributed by atoms with E-state index in [0.29, 0.717) is 11.5 Å². The number of halogens is 2. The summed E-state index contributed by atoms with van der Waals surface area (Å²) >= 11 is 0. The van der Waals surface area contributed by atoms with Crippen molar-refractivity contribution in [2.45, 2.75) is 25.3 Å². The Morgan fingerprint density at radius 1 is 1.12 bits per heavy atom. The fraction of sp³-hybridized carbons (Fsp3) is 0.250. The zero-order valence-electron chi connectivity index (χ0n) is 12.5. The summed E-state index contributed by atoms with van der Waals surface area (Å²) in [5, 5.41) is 10.1. The van der Waals surface area contributed by atoms with Crippen LogP contribution in [0.25, 0.3) is 11.5 Å². The third-order valence-corrected chi connectivity index (χ3v) is 3.96. The number of rotatable bonds is 4. The van der Waals surface area contributed by atoms with E-state index in [1.54, 1.807) is 0 Å². The molecule has 3 aromatic rings. The molecule has 1 aliphatic rings. The molecule has 8 heteroatoms. The van der Waals surface area contributed by atoms with Crippen LogP contribution in [0.15, 0.2) is 41.1 Å². The Hall–Kier alpha value is -2.90. The molecule has 0 spiro atoms. The van der Waals surface area contributed by atoms with E-state index in [-0.39, 0.29) is 11.9 Å². The lowest BCUT2D eigenvalue weighted by Gasteiger charge is -2.13. The van der Waals surface area contributed by atoms with Gasteiger partial charge in [-0.05, 0) is 24.0 Å². The Balaban J connectivity index is 1.50. The molecule has 1 aromatic carbocycles. The maximum absolute atomic E-state index is 12.5. The normalized spacial score (nSPS) is 16.4. The SMILES string of the molecule is FC(F)c1nnc(-c2cnc(NC3CCc4ccccc43)nc2)o1. The zero-order chi connectivity index (χ0) is 16.5. The molecule has 24 heavy (non-hydrogen) atoms. The Bertz CT molecular complexity index is 850. The van der Waals surface area contributed by atoms with Crippen LogP contribution < -0.4 is 5.32 Å². The third kappa shape index (κ3) is 2.70. The number of fused-ring (bicyclic) bond motifs is 1. The highest BCUT2D eigenvalue weighted by Gasteiger charge is 2.22. The van der Waals surface area contributed by atoms with Crippen molar-refractivity contribution in [1.82, 2.24) is 20.2 Å². The molecular formula is C16H13F2N5O. The molecular weight excluding hydrogens is 316 g/mol. The quantitative estimate of drug-likeness (QED) is 0.788. The van der Waals surface area contributed by atoms with Crippen molar-refractivity contribution in [2.75, 3.05) is 5.32 Å². The molecule has 2 aromatic heterocycles. The second-order valence-corrected chi connectivity index (χ2v) is 5.48. The second kappa shape index (κ2) is 5.95. The maximum Gasteiger partial charge on any atom is 0.314 e. The number of aryl methyl sites for hydroxylation is 1. The van der Waals surface area contributed by atoms with Crippen LogP contribution in [0.5, 0.6) is 0 Å². The molecule has 1 N–H and O–H groups in total. The monoisotopic (exact) mass is 329 g/mol. The molecule has 1 unspecified atom stereocenters. The molecule has 0 aliphatic heterocycles. The van der Waals surface area contributed by atoms with Gasteiger partial charge in [0.2, 0.25) is 5.95 Å². The van der Waals surface area contributed by atoms with Crippen molar-refractivity contribution in [3.8, 4) is 11.5 Å². The topological polar surface area (TPSA) is 76.7 Å². The number of aromatic nitrogens is 4. The number of hydrogen-bond donors (Lipinski definition) is 1. The summed E-state index contributed by atoms with van der Waals surface area (Å²) in [5.41, 5.74) is 2.98. The van der Waals surface area contributed by atoms with E-state index in [9.17, 15) is 8.78 Å². The van der Waals surface area contributed by atoms with Gasteiger partial charge in [0, 0.05) is 12.4 Å². The largest absolute Gasteiger partial charge is 0.415 e. The minimum Gasteiger partial charge on any atom is -0.415 e. The second-order valence-electron chi connectivity index (χ2n) is 5.48. The van der Waals surface area contributed by atoms with Gasteiger partial charge in [-0.1, -0.05) is 24.3 Å². The molecule has 0 fully saturated rings. The van der Waals surface area contributed by atoms with Crippen LogP contribution >= 0.6 is 0 Å². The minimum atomic E-state index is -2.80. The van der Waals surface area contributed by atoms with Gasteiger partial charge in [0.1, 0.15) is 0 Å².